The second-order valence-corrected chi connectivity index (χ2v) is 9.97. The van der Waals surface area contributed by atoms with Gasteiger partial charge < -0.3 is 10.1 Å². The van der Waals surface area contributed by atoms with Crippen LogP contribution in [0.5, 0.6) is 5.88 Å². The Bertz CT molecular complexity index is 1250. The van der Waals surface area contributed by atoms with Gasteiger partial charge in [-0.2, -0.15) is 0 Å². The van der Waals surface area contributed by atoms with Gasteiger partial charge in [0.2, 0.25) is 5.88 Å². The molecule has 0 bridgehead atoms. The zero-order chi connectivity index (χ0) is 23.0. The Balaban J connectivity index is 1.62. The standard InChI is InChI=1S/C25H21BrFN3O2S/c1-32-23-18-12-25(19-9-5-6-10-21(19)27)16(11-17(18)20(26)13-28-23)14-33-24(30-25)29-22(31)15-7-3-2-4-8-15/h2-10,13,16H,11-12,14H2,1H3,(H,29,30,31)/t16-,25-/m0/s1. The minimum atomic E-state index is -0.876. The van der Waals surface area contributed by atoms with E-state index in [-0.39, 0.29) is 17.6 Å². The van der Waals surface area contributed by atoms with Crippen LogP contribution in [-0.4, -0.2) is 28.9 Å². The number of amidine groups is 1. The monoisotopic (exact) mass is 525 g/mol. The molecular formula is C25H21BrFN3O2S. The number of thioether (sulfide) groups is 1. The van der Waals surface area contributed by atoms with Gasteiger partial charge in [0.1, 0.15) is 5.82 Å². The molecule has 0 fully saturated rings. The van der Waals surface area contributed by atoms with Crippen molar-refractivity contribution in [2.45, 2.75) is 18.4 Å². The minimum Gasteiger partial charge on any atom is -0.481 e. The number of ether oxygens (including phenoxy) is 1. The van der Waals surface area contributed by atoms with Crippen molar-refractivity contribution >= 4 is 38.8 Å². The number of hydrogen-bond acceptors (Lipinski definition) is 5. The molecule has 1 aliphatic heterocycles. The number of halogens is 2. The number of fused-ring (bicyclic) bond motifs is 2. The number of carbonyl (C=O) groups is 1. The number of rotatable bonds is 3. The van der Waals surface area contributed by atoms with Crippen molar-refractivity contribution in [2.75, 3.05) is 12.9 Å². The van der Waals surface area contributed by atoms with E-state index in [4.69, 9.17) is 9.73 Å². The van der Waals surface area contributed by atoms with E-state index in [1.165, 1.54) is 17.8 Å². The third-order valence-corrected chi connectivity index (χ3v) is 8.01. The molecule has 1 aliphatic carbocycles. The Morgan fingerprint density at radius 2 is 1.94 bits per heavy atom. The zero-order valence-corrected chi connectivity index (χ0v) is 20.2. The summed E-state index contributed by atoms with van der Waals surface area (Å²) in [6.07, 6.45) is 2.87. The van der Waals surface area contributed by atoms with E-state index in [0.717, 1.165) is 15.6 Å². The van der Waals surface area contributed by atoms with Crippen LogP contribution in [0.1, 0.15) is 27.0 Å². The van der Waals surface area contributed by atoms with Gasteiger partial charge in [-0.15, -0.1) is 0 Å². The molecule has 5 nitrogen and oxygen atoms in total. The van der Waals surface area contributed by atoms with E-state index in [9.17, 15) is 4.79 Å². The summed E-state index contributed by atoms with van der Waals surface area (Å²) in [7, 11) is 1.59. The highest BCUT2D eigenvalue weighted by atomic mass is 79.9. The third-order valence-electron chi connectivity index (χ3n) is 6.29. The van der Waals surface area contributed by atoms with E-state index in [2.05, 4.69) is 26.2 Å². The SMILES string of the molecule is COc1ncc(Br)c2c1C[C@]1(c3ccccc3F)N=C(NC(=O)c3ccccc3)SC[C@@H]1C2. The lowest BCUT2D eigenvalue weighted by Crippen LogP contribution is -2.48. The molecular weight excluding hydrogens is 505 g/mol. The summed E-state index contributed by atoms with van der Waals surface area (Å²) in [6.45, 7) is 0. The second-order valence-electron chi connectivity index (χ2n) is 8.10. The Morgan fingerprint density at radius 1 is 1.18 bits per heavy atom. The zero-order valence-electron chi connectivity index (χ0n) is 17.8. The summed E-state index contributed by atoms with van der Waals surface area (Å²) < 4.78 is 21.7. The largest absolute Gasteiger partial charge is 0.481 e. The van der Waals surface area contributed by atoms with Gasteiger partial charge in [0.25, 0.3) is 5.91 Å². The topological polar surface area (TPSA) is 63.6 Å². The molecule has 3 aromatic rings. The van der Waals surface area contributed by atoms with E-state index in [1.54, 1.807) is 37.6 Å². The van der Waals surface area contributed by atoms with Crippen LogP contribution in [0, 0.1) is 11.7 Å². The van der Waals surface area contributed by atoms with Gasteiger partial charge in [-0.1, -0.05) is 48.2 Å². The lowest BCUT2D eigenvalue weighted by Gasteiger charge is -2.45. The van der Waals surface area contributed by atoms with Crippen molar-refractivity contribution in [1.29, 1.82) is 0 Å². The molecule has 1 aromatic heterocycles. The lowest BCUT2D eigenvalue weighted by atomic mass is 9.67. The van der Waals surface area contributed by atoms with Crippen molar-refractivity contribution in [3.05, 3.63) is 93.3 Å². The summed E-state index contributed by atoms with van der Waals surface area (Å²) in [5.41, 5.74) is 2.22. The van der Waals surface area contributed by atoms with Gasteiger partial charge in [-0.25, -0.2) is 14.4 Å². The first-order valence-electron chi connectivity index (χ1n) is 10.6. The molecule has 8 heteroatoms. The molecule has 33 heavy (non-hydrogen) atoms. The van der Waals surface area contributed by atoms with E-state index in [1.807, 2.05) is 24.3 Å². The first-order valence-corrected chi connectivity index (χ1v) is 12.3. The smallest absolute Gasteiger partial charge is 0.257 e. The average Bonchev–Trinajstić information content (AvgIpc) is 2.84. The third kappa shape index (κ3) is 3.95. The highest BCUT2D eigenvalue weighted by Crippen LogP contribution is 2.51. The van der Waals surface area contributed by atoms with Crippen LogP contribution >= 0.6 is 27.7 Å². The van der Waals surface area contributed by atoms with Gasteiger partial charge in [0, 0.05) is 45.5 Å². The van der Waals surface area contributed by atoms with E-state index >= 15 is 4.39 Å². The van der Waals surface area contributed by atoms with Crippen molar-refractivity contribution in [3.8, 4) is 5.88 Å². The quantitative estimate of drug-likeness (QED) is 0.514. The Hall–Kier alpha value is -2.71. The molecule has 0 radical (unpaired) electrons. The maximum Gasteiger partial charge on any atom is 0.257 e. The predicted molar refractivity (Wildman–Crippen MR) is 131 cm³/mol. The summed E-state index contributed by atoms with van der Waals surface area (Å²) in [5, 5.41) is 3.44. The number of aromatic nitrogens is 1. The molecule has 0 saturated heterocycles. The Kier molecular flexibility index (Phi) is 5.97. The normalized spacial score (nSPS) is 21.4. The molecule has 0 unspecified atom stereocenters. The van der Waals surface area contributed by atoms with Gasteiger partial charge >= 0.3 is 0 Å². The molecule has 2 atom stereocenters. The molecule has 2 aromatic carbocycles. The first kappa shape index (κ1) is 22.1. The van der Waals surface area contributed by atoms with Crippen LogP contribution in [0.25, 0.3) is 0 Å². The number of nitrogens with zero attached hydrogens (tertiary/aromatic N) is 2. The Morgan fingerprint density at radius 3 is 2.70 bits per heavy atom. The van der Waals surface area contributed by atoms with E-state index in [0.29, 0.717) is 40.8 Å². The maximum atomic E-state index is 15.2. The highest BCUT2D eigenvalue weighted by molar-refractivity contribution is 9.10. The Labute approximate surface area is 204 Å². The number of amides is 1. The first-order chi connectivity index (χ1) is 16.0. The van der Waals surface area contributed by atoms with Crippen LogP contribution in [-0.2, 0) is 18.4 Å². The fourth-order valence-electron chi connectivity index (χ4n) is 4.68. The van der Waals surface area contributed by atoms with Crippen molar-refractivity contribution in [3.63, 3.8) is 0 Å². The fraction of sp³-hybridized carbons (Fsp3) is 0.240. The molecule has 0 spiro atoms. The number of aliphatic imine (C=N–C) groups is 1. The number of benzene rings is 2. The van der Waals surface area contributed by atoms with Crippen LogP contribution < -0.4 is 10.1 Å². The van der Waals surface area contributed by atoms with Gasteiger partial charge in [0.05, 0.1) is 12.6 Å². The summed E-state index contributed by atoms with van der Waals surface area (Å²) in [6, 6.07) is 15.8. The molecule has 0 saturated carbocycles. The molecule has 1 amide bonds. The molecule has 1 N–H and O–H groups in total. The van der Waals surface area contributed by atoms with Gasteiger partial charge in [-0.3, -0.25) is 4.79 Å². The summed E-state index contributed by atoms with van der Waals surface area (Å²) >= 11 is 5.12. The number of methoxy groups -OCH3 is 1. The number of carbonyl (C=O) groups excluding carboxylic acids is 1. The van der Waals surface area contributed by atoms with Crippen molar-refractivity contribution in [1.82, 2.24) is 10.3 Å². The summed E-state index contributed by atoms with van der Waals surface area (Å²) in [4.78, 5) is 22.3. The predicted octanol–water partition coefficient (Wildman–Crippen LogP) is 5.13. The fourth-order valence-corrected chi connectivity index (χ4v) is 6.33. The number of hydrogen-bond donors (Lipinski definition) is 1. The number of pyridine rings is 1. The molecule has 2 heterocycles. The minimum absolute atomic E-state index is 0.0349. The van der Waals surface area contributed by atoms with Crippen LogP contribution in [0.15, 0.2) is 70.3 Å². The van der Waals surface area contributed by atoms with Crippen molar-refractivity contribution in [2.24, 2.45) is 10.9 Å². The molecule has 2 aliphatic rings. The van der Waals surface area contributed by atoms with Gasteiger partial charge in [-0.05, 0) is 46.1 Å². The highest BCUT2D eigenvalue weighted by Gasteiger charge is 2.49. The molecule has 5 rings (SSSR count). The van der Waals surface area contributed by atoms with Crippen LogP contribution in [0.3, 0.4) is 0 Å². The summed E-state index contributed by atoms with van der Waals surface area (Å²) in [5.74, 6) is 0.705. The maximum absolute atomic E-state index is 15.2. The van der Waals surface area contributed by atoms with Crippen molar-refractivity contribution < 1.29 is 13.9 Å². The number of nitrogens with one attached hydrogen (secondary N) is 1. The second kappa shape index (κ2) is 8.91. The van der Waals surface area contributed by atoms with E-state index < -0.39 is 5.54 Å². The lowest BCUT2D eigenvalue weighted by molar-refractivity contribution is 0.0977. The van der Waals surface area contributed by atoms with Crippen LogP contribution in [0.4, 0.5) is 4.39 Å². The molecule has 168 valence electrons. The van der Waals surface area contributed by atoms with Gasteiger partial charge in [0.15, 0.2) is 5.17 Å². The average molecular weight is 526 g/mol. The van der Waals surface area contributed by atoms with Crippen LogP contribution in [0.2, 0.25) is 0 Å².